The maximum atomic E-state index is 12.3. The molecule has 1 aromatic heterocycles. The molecular formula is C16H20ClN5O2S. The topological polar surface area (TPSA) is 103 Å². The summed E-state index contributed by atoms with van der Waals surface area (Å²) in [5, 5.41) is 11.9. The van der Waals surface area contributed by atoms with Crippen molar-refractivity contribution in [2.75, 3.05) is 0 Å². The minimum Gasteiger partial charge on any atom is -0.370 e. The highest BCUT2D eigenvalue weighted by molar-refractivity contribution is 8.00. The molecule has 0 spiro atoms. The predicted octanol–water partition coefficient (Wildman–Crippen LogP) is 1.68. The van der Waals surface area contributed by atoms with E-state index >= 15 is 0 Å². The van der Waals surface area contributed by atoms with E-state index in [2.05, 4.69) is 15.5 Å². The van der Waals surface area contributed by atoms with Crippen molar-refractivity contribution in [2.24, 2.45) is 12.8 Å². The van der Waals surface area contributed by atoms with Gasteiger partial charge in [0.05, 0.1) is 5.25 Å². The Labute approximate surface area is 155 Å². The molecule has 25 heavy (non-hydrogen) atoms. The summed E-state index contributed by atoms with van der Waals surface area (Å²) in [5.41, 5.74) is 6.01. The summed E-state index contributed by atoms with van der Waals surface area (Å²) in [4.78, 5) is 23.1. The van der Waals surface area contributed by atoms with E-state index in [1.165, 1.54) is 11.8 Å². The molecule has 1 aromatic carbocycles. The normalized spacial score (nSPS) is 12.0. The number of primary amides is 1. The lowest BCUT2D eigenvalue weighted by Crippen LogP contribution is -2.30. The molecule has 0 fully saturated rings. The van der Waals surface area contributed by atoms with Crippen LogP contribution in [0.4, 0.5) is 0 Å². The molecule has 0 bridgehead atoms. The van der Waals surface area contributed by atoms with Gasteiger partial charge in [-0.05, 0) is 18.6 Å². The molecule has 0 aliphatic carbocycles. The minimum atomic E-state index is -0.385. The highest BCUT2D eigenvalue weighted by atomic mass is 35.5. The van der Waals surface area contributed by atoms with Crippen LogP contribution < -0.4 is 11.1 Å². The van der Waals surface area contributed by atoms with E-state index in [-0.39, 0.29) is 23.5 Å². The number of nitrogens with two attached hydrogens (primary N) is 1. The first-order valence-electron chi connectivity index (χ1n) is 7.72. The van der Waals surface area contributed by atoms with Crippen molar-refractivity contribution in [1.29, 1.82) is 0 Å². The van der Waals surface area contributed by atoms with Gasteiger partial charge < -0.3 is 15.6 Å². The number of rotatable bonds is 8. The van der Waals surface area contributed by atoms with Crippen molar-refractivity contribution in [1.82, 2.24) is 20.1 Å². The number of benzene rings is 1. The average molecular weight is 382 g/mol. The van der Waals surface area contributed by atoms with E-state index in [0.717, 1.165) is 5.56 Å². The Kier molecular flexibility index (Phi) is 6.83. The van der Waals surface area contributed by atoms with Gasteiger partial charge in [0.25, 0.3) is 0 Å². The van der Waals surface area contributed by atoms with Gasteiger partial charge in [-0.2, -0.15) is 0 Å². The first-order chi connectivity index (χ1) is 11.9. The molecule has 2 rings (SSSR count). The molecule has 3 N–H and O–H groups in total. The summed E-state index contributed by atoms with van der Waals surface area (Å²) in [6.07, 6.45) is 0.636. The second-order valence-electron chi connectivity index (χ2n) is 5.49. The summed E-state index contributed by atoms with van der Waals surface area (Å²) in [6.45, 7) is 2.16. The van der Waals surface area contributed by atoms with Crippen LogP contribution in [0.2, 0.25) is 5.02 Å². The van der Waals surface area contributed by atoms with Crippen LogP contribution in [0.1, 0.15) is 24.7 Å². The van der Waals surface area contributed by atoms with Gasteiger partial charge in [0.2, 0.25) is 11.8 Å². The number of hydrogen-bond donors (Lipinski definition) is 2. The van der Waals surface area contributed by atoms with Crippen LogP contribution in [0.5, 0.6) is 0 Å². The fraction of sp³-hybridized carbons (Fsp3) is 0.375. The number of aryl methyl sites for hydroxylation is 1. The minimum absolute atomic E-state index is 0.119. The Morgan fingerprint density at radius 1 is 1.36 bits per heavy atom. The smallest absolute Gasteiger partial charge is 0.233 e. The van der Waals surface area contributed by atoms with Crippen molar-refractivity contribution in [3.8, 4) is 0 Å². The largest absolute Gasteiger partial charge is 0.370 e. The molecule has 1 atom stereocenters. The van der Waals surface area contributed by atoms with E-state index in [1.807, 2.05) is 18.2 Å². The third-order valence-electron chi connectivity index (χ3n) is 3.58. The Morgan fingerprint density at radius 2 is 2.08 bits per heavy atom. The Hall–Kier alpha value is -2.06. The number of carbonyl (C=O) groups excluding carboxylic acids is 2. The van der Waals surface area contributed by atoms with E-state index in [4.69, 9.17) is 17.3 Å². The zero-order valence-corrected chi connectivity index (χ0v) is 15.6. The number of amides is 2. The summed E-state index contributed by atoms with van der Waals surface area (Å²) in [5.74, 6) is 0.154. The molecule has 7 nitrogen and oxygen atoms in total. The SMILES string of the molecule is C[C@H](Sc1nnc(CCC(N)=O)n1C)C(=O)NCc1ccccc1Cl. The molecule has 0 aliphatic heterocycles. The van der Waals surface area contributed by atoms with E-state index in [1.54, 1.807) is 24.6 Å². The third-order valence-corrected chi connectivity index (χ3v) is 5.09. The van der Waals surface area contributed by atoms with Crippen LogP contribution in [0, 0.1) is 0 Å². The van der Waals surface area contributed by atoms with Gasteiger partial charge in [-0.1, -0.05) is 41.6 Å². The van der Waals surface area contributed by atoms with Crippen molar-refractivity contribution >= 4 is 35.2 Å². The van der Waals surface area contributed by atoms with Gasteiger partial charge in [0, 0.05) is 31.5 Å². The standard InChI is InChI=1S/C16H20ClN5O2S/c1-10(15(24)19-9-11-5-3-4-6-12(11)17)25-16-21-20-14(22(16)2)8-7-13(18)23/h3-6,10H,7-9H2,1-2H3,(H2,18,23)(H,19,24)/t10-/m0/s1. The second kappa shape index (κ2) is 8.87. The van der Waals surface area contributed by atoms with Crippen molar-refractivity contribution in [3.63, 3.8) is 0 Å². The Morgan fingerprint density at radius 3 is 2.76 bits per heavy atom. The molecule has 2 aromatic rings. The maximum absolute atomic E-state index is 12.3. The van der Waals surface area contributed by atoms with Crippen molar-refractivity contribution < 1.29 is 9.59 Å². The molecule has 2 amide bonds. The Balaban J connectivity index is 1.90. The van der Waals surface area contributed by atoms with Crippen LogP contribution in [0.3, 0.4) is 0 Å². The van der Waals surface area contributed by atoms with Crippen LogP contribution in [0.15, 0.2) is 29.4 Å². The molecule has 9 heteroatoms. The molecule has 1 heterocycles. The summed E-state index contributed by atoms with van der Waals surface area (Å²) in [6, 6.07) is 7.37. The highest BCUT2D eigenvalue weighted by Crippen LogP contribution is 2.22. The lowest BCUT2D eigenvalue weighted by molar-refractivity contribution is -0.120. The number of halogens is 1. The summed E-state index contributed by atoms with van der Waals surface area (Å²) >= 11 is 7.38. The Bertz CT molecular complexity index is 765. The first kappa shape index (κ1) is 19.3. The van der Waals surface area contributed by atoms with E-state index < -0.39 is 0 Å². The quantitative estimate of drug-likeness (QED) is 0.677. The van der Waals surface area contributed by atoms with Gasteiger partial charge in [-0.3, -0.25) is 9.59 Å². The number of hydrogen-bond acceptors (Lipinski definition) is 5. The first-order valence-corrected chi connectivity index (χ1v) is 8.98. The van der Waals surface area contributed by atoms with Gasteiger partial charge >= 0.3 is 0 Å². The van der Waals surface area contributed by atoms with E-state index in [9.17, 15) is 9.59 Å². The van der Waals surface area contributed by atoms with Crippen molar-refractivity contribution in [2.45, 2.75) is 36.7 Å². The second-order valence-corrected chi connectivity index (χ2v) is 7.21. The van der Waals surface area contributed by atoms with Gasteiger partial charge in [0.15, 0.2) is 5.16 Å². The van der Waals surface area contributed by atoms with Crippen LogP contribution in [0.25, 0.3) is 0 Å². The number of thioether (sulfide) groups is 1. The lowest BCUT2D eigenvalue weighted by Gasteiger charge is -2.12. The fourth-order valence-electron chi connectivity index (χ4n) is 2.08. The number of aromatic nitrogens is 3. The molecule has 0 unspecified atom stereocenters. The highest BCUT2D eigenvalue weighted by Gasteiger charge is 2.19. The van der Waals surface area contributed by atoms with Crippen LogP contribution in [-0.4, -0.2) is 31.8 Å². The van der Waals surface area contributed by atoms with Gasteiger partial charge in [-0.25, -0.2) is 0 Å². The van der Waals surface area contributed by atoms with Crippen LogP contribution >= 0.6 is 23.4 Å². The molecule has 134 valence electrons. The fourth-order valence-corrected chi connectivity index (χ4v) is 3.14. The van der Waals surface area contributed by atoms with Gasteiger partial charge in [-0.15, -0.1) is 10.2 Å². The van der Waals surface area contributed by atoms with Crippen LogP contribution in [-0.2, 0) is 29.6 Å². The molecule has 0 saturated carbocycles. The summed E-state index contributed by atoms with van der Waals surface area (Å²) in [7, 11) is 1.80. The zero-order valence-electron chi connectivity index (χ0n) is 14.0. The zero-order chi connectivity index (χ0) is 18.4. The lowest BCUT2D eigenvalue weighted by atomic mass is 10.2. The van der Waals surface area contributed by atoms with E-state index in [0.29, 0.717) is 29.0 Å². The maximum Gasteiger partial charge on any atom is 0.233 e. The molecule has 0 saturated heterocycles. The molecule has 0 aliphatic rings. The third kappa shape index (κ3) is 5.47. The number of nitrogens with zero attached hydrogens (tertiary/aromatic N) is 3. The monoisotopic (exact) mass is 381 g/mol. The van der Waals surface area contributed by atoms with Crippen molar-refractivity contribution in [3.05, 3.63) is 40.7 Å². The average Bonchev–Trinajstić information content (AvgIpc) is 2.92. The van der Waals surface area contributed by atoms with Gasteiger partial charge in [0.1, 0.15) is 5.82 Å². The summed E-state index contributed by atoms with van der Waals surface area (Å²) < 4.78 is 1.77. The number of nitrogens with one attached hydrogen (secondary N) is 1. The number of carbonyl (C=O) groups is 2. The molecule has 0 radical (unpaired) electrons. The predicted molar refractivity (Wildman–Crippen MR) is 97.1 cm³/mol. The molecular weight excluding hydrogens is 362 g/mol.